The van der Waals surface area contributed by atoms with Gasteiger partial charge >= 0.3 is 0 Å². The van der Waals surface area contributed by atoms with E-state index in [2.05, 4.69) is 20.6 Å². The van der Waals surface area contributed by atoms with E-state index < -0.39 is 11.7 Å². The minimum absolute atomic E-state index is 0.0374. The lowest BCUT2D eigenvalue weighted by molar-refractivity contribution is 0.100. The molecule has 1 aliphatic rings. The molecule has 0 aliphatic heterocycles. The van der Waals surface area contributed by atoms with Crippen molar-refractivity contribution in [3.63, 3.8) is 0 Å². The van der Waals surface area contributed by atoms with E-state index in [1.165, 1.54) is 0 Å². The number of amides is 1. The highest BCUT2D eigenvalue weighted by atomic mass is 19.1. The van der Waals surface area contributed by atoms with E-state index in [9.17, 15) is 9.18 Å². The second kappa shape index (κ2) is 8.73. The first-order valence-corrected chi connectivity index (χ1v) is 10.2. The SMILES string of the molecule is COc1ccnc2cc(Nc3nc(NC4CCCCC4N)c(F)cc3C(N)=O)ccc12. The van der Waals surface area contributed by atoms with Crippen molar-refractivity contribution < 1.29 is 13.9 Å². The molecule has 1 aliphatic carbocycles. The Hall–Kier alpha value is -3.46. The Balaban J connectivity index is 1.67. The van der Waals surface area contributed by atoms with Gasteiger partial charge in [-0.1, -0.05) is 12.8 Å². The molecule has 1 saturated carbocycles. The lowest BCUT2D eigenvalue weighted by Gasteiger charge is -2.30. The van der Waals surface area contributed by atoms with E-state index in [4.69, 9.17) is 16.2 Å². The summed E-state index contributed by atoms with van der Waals surface area (Å²) in [6.45, 7) is 0. The summed E-state index contributed by atoms with van der Waals surface area (Å²) < 4.78 is 20.0. The molecular formula is C22H25FN6O2. The van der Waals surface area contributed by atoms with Crippen LogP contribution in [-0.2, 0) is 0 Å². The van der Waals surface area contributed by atoms with Crippen LogP contribution < -0.4 is 26.8 Å². The molecule has 9 heteroatoms. The number of hydrogen-bond donors (Lipinski definition) is 4. The van der Waals surface area contributed by atoms with Gasteiger partial charge in [-0.2, -0.15) is 0 Å². The molecule has 3 aromatic rings. The molecule has 1 fully saturated rings. The van der Waals surface area contributed by atoms with E-state index in [0.717, 1.165) is 37.1 Å². The molecule has 2 heterocycles. The fourth-order valence-corrected chi connectivity index (χ4v) is 3.90. The zero-order valence-corrected chi connectivity index (χ0v) is 17.2. The molecular weight excluding hydrogens is 399 g/mol. The summed E-state index contributed by atoms with van der Waals surface area (Å²) in [5.74, 6) is -0.541. The molecule has 0 bridgehead atoms. The van der Waals surface area contributed by atoms with E-state index in [-0.39, 0.29) is 29.3 Å². The van der Waals surface area contributed by atoms with Crippen LogP contribution in [0.25, 0.3) is 10.9 Å². The van der Waals surface area contributed by atoms with Gasteiger partial charge in [0.2, 0.25) is 0 Å². The van der Waals surface area contributed by atoms with Crippen LogP contribution in [0, 0.1) is 5.82 Å². The minimum atomic E-state index is -0.782. The number of halogens is 1. The van der Waals surface area contributed by atoms with E-state index in [0.29, 0.717) is 17.0 Å². The van der Waals surface area contributed by atoms with Gasteiger partial charge in [0.15, 0.2) is 11.6 Å². The fourth-order valence-electron chi connectivity index (χ4n) is 3.90. The number of aromatic nitrogens is 2. The lowest BCUT2D eigenvalue weighted by atomic mass is 9.91. The summed E-state index contributed by atoms with van der Waals surface area (Å²) in [4.78, 5) is 20.6. The average Bonchev–Trinajstić information content (AvgIpc) is 2.76. The molecule has 8 nitrogen and oxygen atoms in total. The molecule has 1 amide bonds. The normalized spacial score (nSPS) is 18.5. The molecule has 2 aromatic heterocycles. The molecule has 1 aromatic carbocycles. The number of primary amides is 1. The molecule has 2 atom stereocenters. The first kappa shape index (κ1) is 20.8. The van der Waals surface area contributed by atoms with Gasteiger partial charge in [-0.25, -0.2) is 9.37 Å². The molecule has 4 rings (SSSR count). The molecule has 162 valence electrons. The van der Waals surface area contributed by atoms with Crippen LogP contribution in [-0.4, -0.2) is 35.1 Å². The molecule has 0 radical (unpaired) electrons. The largest absolute Gasteiger partial charge is 0.496 e. The molecule has 6 N–H and O–H groups in total. The number of ether oxygens (including phenoxy) is 1. The van der Waals surface area contributed by atoms with Crippen LogP contribution >= 0.6 is 0 Å². The van der Waals surface area contributed by atoms with E-state index >= 15 is 0 Å². The van der Waals surface area contributed by atoms with Crippen molar-refractivity contribution in [3.8, 4) is 5.75 Å². The number of nitrogens with one attached hydrogen (secondary N) is 2. The van der Waals surface area contributed by atoms with Crippen molar-refractivity contribution in [2.24, 2.45) is 11.5 Å². The summed E-state index contributed by atoms with van der Waals surface area (Å²) in [7, 11) is 1.59. The number of carbonyl (C=O) groups is 1. The smallest absolute Gasteiger partial charge is 0.252 e. The number of hydrogen-bond acceptors (Lipinski definition) is 7. The number of pyridine rings is 2. The third kappa shape index (κ3) is 4.36. The third-order valence-electron chi connectivity index (χ3n) is 5.57. The maximum atomic E-state index is 14.7. The molecule has 0 saturated heterocycles. The summed E-state index contributed by atoms with van der Waals surface area (Å²) in [6, 6.07) is 8.14. The van der Waals surface area contributed by atoms with Gasteiger partial charge in [-0.15, -0.1) is 0 Å². The number of methoxy groups -OCH3 is 1. The van der Waals surface area contributed by atoms with Crippen molar-refractivity contribution >= 4 is 34.1 Å². The number of benzene rings is 1. The average molecular weight is 424 g/mol. The summed E-state index contributed by atoms with van der Waals surface area (Å²) in [5, 5.41) is 7.01. The number of anilines is 3. The van der Waals surface area contributed by atoms with E-state index in [1.807, 2.05) is 6.07 Å². The second-order valence-corrected chi connectivity index (χ2v) is 7.65. The number of nitrogens with two attached hydrogens (primary N) is 2. The van der Waals surface area contributed by atoms with Crippen LogP contribution in [0.1, 0.15) is 36.0 Å². The van der Waals surface area contributed by atoms with Crippen LogP contribution in [0.3, 0.4) is 0 Å². The maximum Gasteiger partial charge on any atom is 0.252 e. The van der Waals surface area contributed by atoms with Crippen LogP contribution in [0.15, 0.2) is 36.5 Å². The predicted molar refractivity (Wildman–Crippen MR) is 118 cm³/mol. The Morgan fingerprint density at radius 3 is 2.74 bits per heavy atom. The zero-order chi connectivity index (χ0) is 22.0. The number of rotatable bonds is 6. The van der Waals surface area contributed by atoms with Crippen molar-refractivity contribution in [1.29, 1.82) is 0 Å². The first-order valence-electron chi connectivity index (χ1n) is 10.2. The molecule has 2 unspecified atom stereocenters. The van der Waals surface area contributed by atoms with Crippen LogP contribution in [0.2, 0.25) is 0 Å². The fraction of sp³-hybridized carbons (Fsp3) is 0.318. The maximum absolute atomic E-state index is 14.7. The highest BCUT2D eigenvalue weighted by Crippen LogP contribution is 2.30. The number of nitrogens with zero attached hydrogens (tertiary/aromatic N) is 2. The number of fused-ring (bicyclic) bond motifs is 1. The summed E-state index contributed by atoms with van der Waals surface area (Å²) in [6.07, 6.45) is 5.43. The van der Waals surface area contributed by atoms with Crippen molar-refractivity contribution in [3.05, 3.63) is 47.9 Å². The zero-order valence-electron chi connectivity index (χ0n) is 17.2. The Morgan fingerprint density at radius 1 is 1.19 bits per heavy atom. The monoisotopic (exact) mass is 424 g/mol. The summed E-state index contributed by atoms with van der Waals surface area (Å²) >= 11 is 0. The Kier molecular flexibility index (Phi) is 5.85. The molecule has 0 spiro atoms. The van der Waals surface area contributed by atoms with Gasteiger partial charge in [-0.05, 0) is 43.2 Å². The Morgan fingerprint density at radius 2 is 2.00 bits per heavy atom. The molecule has 31 heavy (non-hydrogen) atoms. The minimum Gasteiger partial charge on any atom is -0.496 e. The van der Waals surface area contributed by atoms with Gasteiger partial charge in [0.25, 0.3) is 5.91 Å². The van der Waals surface area contributed by atoms with Crippen molar-refractivity contribution in [2.75, 3.05) is 17.7 Å². The quantitative estimate of drug-likeness (QED) is 0.478. The van der Waals surface area contributed by atoms with Crippen LogP contribution in [0.5, 0.6) is 5.75 Å². The van der Waals surface area contributed by atoms with E-state index in [1.54, 1.807) is 31.5 Å². The number of carbonyl (C=O) groups excluding carboxylic acids is 1. The van der Waals surface area contributed by atoms with Gasteiger partial charge in [0, 0.05) is 29.4 Å². The van der Waals surface area contributed by atoms with Crippen LogP contribution in [0.4, 0.5) is 21.7 Å². The Labute approximate surface area is 179 Å². The van der Waals surface area contributed by atoms with Gasteiger partial charge in [0.05, 0.1) is 18.2 Å². The second-order valence-electron chi connectivity index (χ2n) is 7.65. The van der Waals surface area contributed by atoms with Gasteiger partial charge < -0.3 is 26.8 Å². The predicted octanol–water partition coefficient (Wildman–Crippen LogP) is 3.30. The topological polar surface area (TPSA) is 128 Å². The first-order chi connectivity index (χ1) is 15.0. The standard InChI is InChI=1S/C22H25FN6O2/c1-31-19-8-9-26-18-10-12(6-7-13(18)19)27-21-14(20(25)30)11-15(23)22(29-21)28-17-5-3-2-4-16(17)24/h6-11,16-17H,2-5,24H2,1H3,(H2,25,30)(H2,27,28,29). The Bertz CT molecular complexity index is 1120. The van der Waals surface area contributed by atoms with Crippen molar-refractivity contribution in [1.82, 2.24) is 9.97 Å². The highest BCUT2D eigenvalue weighted by molar-refractivity contribution is 5.99. The third-order valence-corrected chi connectivity index (χ3v) is 5.57. The van der Waals surface area contributed by atoms with Gasteiger partial charge in [-0.3, -0.25) is 9.78 Å². The lowest BCUT2D eigenvalue weighted by Crippen LogP contribution is -2.43. The van der Waals surface area contributed by atoms with Crippen molar-refractivity contribution in [2.45, 2.75) is 37.8 Å². The highest BCUT2D eigenvalue weighted by Gasteiger charge is 2.24. The summed E-state index contributed by atoms with van der Waals surface area (Å²) in [5.41, 5.74) is 12.9. The van der Waals surface area contributed by atoms with Gasteiger partial charge in [0.1, 0.15) is 11.6 Å².